The van der Waals surface area contributed by atoms with Crippen LogP contribution in [0.25, 0.3) is 0 Å². The van der Waals surface area contributed by atoms with Crippen LogP contribution in [0.4, 0.5) is 0 Å². The number of carboxylic acid groups (broad SMARTS) is 1. The largest absolute Gasteiger partial charge is 0.481 e. The molecule has 4 nitrogen and oxygen atoms in total. The highest BCUT2D eigenvalue weighted by molar-refractivity contribution is 5.83. The fourth-order valence-corrected chi connectivity index (χ4v) is 3.30. The Kier molecular flexibility index (Phi) is 15.4. The lowest BCUT2D eigenvalue weighted by molar-refractivity contribution is -0.137. The van der Waals surface area contributed by atoms with E-state index in [0.717, 1.165) is 25.7 Å². The topological polar surface area (TPSA) is 63.6 Å². The number of carbonyl (C=O) groups is 2. The number of allylic oxidation sites excluding steroid dienone is 1. The Morgan fingerprint density at radius 1 is 0.724 bits per heavy atom. The van der Waals surface area contributed by atoms with Gasteiger partial charge >= 0.3 is 11.9 Å². The number of ether oxygens (including phenoxy) is 1. The van der Waals surface area contributed by atoms with Crippen molar-refractivity contribution in [3.05, 3.63) is 42.5 Å². The number of unbranched alkanes of at least 4 members (excludes halogenated alkanes) is 13. The normalized spacial score (nSPS) is 11.0. The molecule has 0 amide bonds. The third-order valence-electron chi connectivity index (χ3n) is 4.98. The van der Waals surface area contributed by atoms with E-state index in [1.54, 1.807) is 12.1 Å². The Balaban J connectivity index is 1.80. The van der Waals surface area contributed by atoms with E-state index >= 15 is 0 Å². The number of para-hydroxylation sites is 1. The van der Waals surface area contributed by atoms with Gasteiger partial charge in [-0.05, 0) is 31.4 Å². The molecule has 0 radical (unpaired) electrons. The van der Waals surface area contributed by atoms with Gasteiger partial charge in [-0.15, -0.1) is 0 Å². The Bertz CT molecular complexity index is 565. The maximum atomic E-state index is 11.7. The lowest BCUT2D eigenvalue weighted by Gasteiger charge is -2.03. The van der Waals surface area contributed by atoms with E-state index in [4.69, 9.17) is 9.84 Å². The van der Waals surface area contributed by atoms with E-state index in [2.05, 4.69) is 0 Å². The molecule has 0 unspecified atom stereocenters. The minimum atomic E-state index is -0.676. The molecular formula is C25H38O4. The molecule has 0 spiro atoms. The van der Waals surface area contributed by atoms with Crippen molar-refractivity contribution >= 4 is 11.9 Å². The first-order valence-corrected chi connectivity index (χ1v) is 11.3. The Labute approximate surface area is 176 Å². The standard InChI is InChI=1S/C25H38O4/c26-24(27)21-17-12-10-8-6-4-2-1-3-5-7-9-11-13-18-22-25(28)29-23-19-15-14-16-20-23/h14-16,18-20,22H,1-13,17,21H2,(H,26,27). The summed E-state index contributed by atoms with van der Waals surface area (Å²) >= 11 is 0. The summed E-state index contributed by atoms with van der Waals surface area (Å²) in [6.07, 6.45) is 20.4. The van der Waals surface area contributed by atoms with Gasteiger partial charge in [0, 0.05) is 12.5 Å². The zero-order chi connectivity index (χ0) is 21.0. The number of hydrogen-bond donors (Lipinski definition) is 1. The molecule has 1 N–H and O–H groups in total. The maximum Gasteiger partial charge on any atom is 0.335 e. The van der Waals surface area contributed by atoms with Crippen LogP contribution in [0.5, 0.6) is 5.75 Å². The minimum absolute atomic E-state index is 0.309. The summed E-state index contributed by atoms with van der Waals surface area (Å²) in [5.74, 6) is -0.403. The Hall–Kier alpha value is -2.10. The van der Waals surface area contributed by atoms with Gasteiger partial charge in [-0.25, -0.2) is 4.79 Å². The molecule has 1 rings (SSSR count). The van der Waals surface area contributed by atoms with E-state index in [-0.39, 0.29) is 5.97 Å². The predicted octanol–water partition coefficient (Wildman–Crippen LogP) is 7.08. The highest BCUT2D eigenvalue weighted by atomic mass is 16.5. The van der Waals surface area contributed by atoms with E-state index in [9.17, 15) is 9.59 Å². The van der Waals surface area contributed by atoms with Crippen LogP contribution in [-0.4, -0.2) is 17.0 Å². The lowest BCUT2D eigenvalue weighted by Crippen LogP contribution is -2.03. The number of esters is 1. The number of carbonyl (C=O) groups excluding carboxylic acids is 1. The summed E-state index contributed by atoms with van der Waals surface area (Å²) in [4.78, 5) is 22.1. The molecule has 0 aliphatic rings. The van der Waals surface area contributed by atoms with Gasteiger partial charge in [0.15, 0.2) is 0 Å². The van der Waals surface area contributed by atoms with Crippen LogP contribution in [0, 0.1) is 0 Å². The van der Waals surface area contributed by atoms with Crippen LogP contribution in [0.3, 0.4) is 0 Å². The molecule has 0 bridgehead atoms. The molecule has 0 saturated heterocycles. The average Bonchev–Trinajstić information content (AvgIpc) is 2.71. The molecule has 0 saturated carbocycles. The van der Waals surface area contributed by atoms with Gasteiger partial charge in [-0.2, -0.15) is 0 Å². The van der Waals surface area contributed by atoms with Crippen molar-refractivity contribution in [2.45, 2.75) is 96.3 Å². The van der Waals surface area contributed by atoms with Gasteiger partial charge in [0.2, 0.25) is 0 Å². The van der Waals surface area contributed by atoms with Gasteiger partial charge in [0.05, 0.1) is 0 Å². The van der Waals surface area contributed by atoms with Crippen molar-refractivity contribution in [2.24, 2.45) is 0 Å². The Morgan fingerprint density at radius 2 is 1.21 bits per heavy atom. The van der Waals surface area contributed by atoms with Crippen LogP contribution in [-0.2, 0) is 9.59 Å². The SMILES string of the molecule is O=C(O)CCCCCCCCCCCCCCCC=CC(=O)Oc1ccccc1. The van der Waals surface area contributed by atoms with E-state index in [1.165, 1.54) is 70.3 Å². The quantitative estimate of drug-likeness (QED) is 0.123. The second-order valence-corrected chi connectivity index (χ2v) is 7.67. The van der Waals surface area contributed by atoms with E-state index < -0.39 is 5.97 Å². The van der Waals surface area contributed by atoms with Crippen molar-refractivity contribution in [3.63, 3.8) is 0 Å². The van der Waals surface area contributed by atoms with Crippen LogP contribution in [0.1, 0.15) is 96.3 Å². The lowest BCUT2D eigenvalue weighted by atomic mass is 10.0. The molecule has 0 heterocycles. The van der Waals surface area contributed by atoms with Crippen LogP contribution >= 0.6 is 0 Å². The molecule has 0 atom stereocenters. The highest BCUT2D eigenvalue weighted by Gasteiger charge is 1.99. The van der Waals surface area contributed by atoms with Crippen LogP contribution < -0.4 is 4.74 Å². The number of benzene rings is 1. The summed E-state index contributed by atoms with van der Waals surface area (Å²) in [5.41, 5.74) is 0. The molecular weight excluding hydrogens is 364 g/mol. The van der Waals surface area contributed by atoms with Gasteiger partial charge in [-0.3, -0.25) is 4.79 Å². The molecule has 0 fully saturated rings. The van der Waals surface area contributed by atoms with Crippen molar-refractivity contribution in [1.29, 1.82) is 0 Å². The fraction of sp³-hybridized carbons (Fsp3) is 0.600. The maximum absolute atomic E-state index is 11.7. The second-order valence-electron chi connectivity index (χ2n) is 7.67. The van der Waals surface area contributed by atoms with Gasteiger partial charge in [0.25, 0.3) is 0 Å². The Morgan fingerprint density at radius 3 is 1.72 bits per heavy atom. The van der Waals surface area contributed by atoms with E-state index in [0.29, 0.717) is 12.2 Å². The first kappa shape index (κ1) is 24.9. The van der Waals surface area contributed by atoms with E-state index in [1.807, 2.05) is 24.3 Å². The summed E-state index contributed by atoms with van der Waals surface area (Å²) in [6, 6.07) is 9.14. The van der Waals surface area contributed by atoms with Crippen LogP contribution in [0.15, 0.2) is 42.5 Å². The monoisotopic (exact) mass is 402 g/mol. The first-order valence-electron chi connectivity index (χ1n) is 11.3. The van der Waals surface area contributed by atoms with Crippen molar-refractivity contribution in [3.8, 4) is 5.75 Å². The molecule has 4 heteroatoms. The number of rotatable bonds is 18. The number of hydrogen-bond acceptors (Lipinski definition) is 3. The summed E-state index contributed by atoms with van der Waals surface area (Å²) < 4.78 is 5.20. The molecule has 1 aromatic carbocycles. The zero-order valence-electron chi connectivity index (χ0n) is 17.8. The van der Waals surface area contributed by atoms with Crippen molar-refractivity contribution in [1.82, 2.24) is 0 Å². The molecule has 162 valence electrons. The second kappa shape index (κ2) is 18.0. The first-order chi connectivity index (χ1) is 14.2. The number of carboxylic acids is 1. The molecule has 29 heavy (non-hydrogen) atoms. The minimum Gasteiger partial charge on any atom is -0.481 e. The van der Waals surface area contributed by atoms with Gasteiger partial charge < -0.3 is 9.84 Å². The van der Waals surface area contributed by atoms with Gasteiger partial charge in [0.1, 0.15) is 5.75 Å². The molecule has 0 aliphatic carbocycles. The zero-order valence-corrected chi connectivity index (χ0v) is 17.8. The summed E-state index contributed by atoms with van der Waals surface area (Å²) in [6.45, 7) is 0. The van der Waals surface area contributed by atoms with Crippen molar-refractivity contribution in [2.75, 3.05) is 0 Å². The summed E-state index contributed by atoms with van der Waals surface area (Å²) in [5, 5.41) is 8.57. The third-order valence-corrected chi connectivity index (χ3v) is 4.98. The fourth-order valence-electron chi connectivity index (χ4n) is 3.30. The predicted molar refractivity (Wildman–Crippen MR) is 118 cm³/mol. The smallest absolute Gasteiger partial charge is 0.335 e. The molecule has 0 aliphatic heterocycles. The third kappa shape index (κ3) is 16.5. The number of aliphatic carboxylic acids is 1. The highest BCUT2D eigenvalue weighted by Crippen LogP contribution is 2.13. The van der Waals surface area contributed by atoms with Crippen molar-refractivity contribution < 1.29 is 19.4 Å². The van der Waals surface area contributed by atoms with Gasteiger partial charge in [-0.1, -0.05) is 94.9 Å². The summed E-state index contributed by atoms with van der Waals surface area (Å²) in [7, 11) is 0. The molecule has 1 aromatic rings. The van der Waals surface area contributed by atoms with Crippen LogP contribution in [0.2, 0.25) is 0 Å². The molecule has 0 aromatic heterocycles. The average molecular weight is 403 g/mol.